The number of amides is 2. The number of hydrogen-bond donors (Lipinski definition) is 1. The number of benzene rings is 4. The van der Waals surface area contributed by atoms with Crippen molar-refractivity contribution in [3.8, 4) is 11.5 Å². The average Bonchev–Trinajstić information content (AvgIpc) is 2.95. The number of rotatable bonds is 6. The van der Waals surface area contributed by atoms with Crippen LogP contribution in [0.4, 0.5) is 15.8 Å². The lowest BCUT2D eigenvalue weighted by molar-refractivity contribution is -0.118. The molecular formula is C31H27FN2O4. The van der Waals surface area contributed by atoms with Crippen LogP contribution in [0.25, 0.3) is 0 Å². The Morgan fingerprint density at radius 2 is 1.50 bits per heavy atom. The maximum Gasteiger partial charge on any atom is 0.259 e. The first-order chi connectivity index (χ1) is 18.4. The number of nitrogens with one attached hydrogen (secondary N) is 1. The molecule has 0 aliphatic carbocycles. The molecule has 1 aliphatic heterocycles. The molecule has 0 saturated carbocycles. The molecule has 5 rings (SSSR count). The van der Waals surface area contributed by atoms with Gasteiger partial charge < -0.3 is 14.8 Å². The molecule has 0 aromatic heterocycles. The van der Waals surface area contributed by atoms with E-state index in [-0.39, 0.29) is 11.8 Å². The molecule has 6 nitrogen and oxygen atoms in total. The average molecular weight is 511 g/mol. The molecule has 0 radical (unpaired) electrons. The van der Waals surface area contributed by atoms with Crippen molar-refractivity contribution in [2.45, 2.75) is 18.9 Å². The maximum atomic E-state index is 14.3. The lowest BCUT2D eigenvalue weighted by Gasteiger charge is -2.42. The van der Waals surface area contributed by atoms with Crippen molar-refractivity contribution in [3.63, 3.8) is 0 Å². The van der Waals surface area contributed by atoms with Gasteiger partial charge in [-0.1, -0.05) is 36.4 Å². The second-order valence-corrected chi connectivity index (χ2v) is 9.11. The van der Waals surface area contributed by atoms with E-state index in [0.29, 0.717) is 39.6 Å². The quantitative estimate of drug-likeness (QED) is 0.332. The number of hydrogen-bond acceptors (Lipinski definition) is 4. The zero-order chi connectivity index (χ0) is 26.8. The van der Waals surface area contributed by atoms with Gasteiger partial charge in [-0.25, -0.2) is 4.39 Å². The minimum Gasteiger partial charge on any atom is -0.497 e. The van der Waals surface area contributed by atoms with Gasteiger partial charge in [-0.15, -0.1) is 0 Å². The highest BCUT2D eigenvalue weighted by Gasteiger charge is 2.45. The van der Waals surface area contributed by atoms with Crippen LogP contribution in [0.1, 0.15) is 39.0 Å². The van der Waals surface area contributed by atoms with E-state index in [1.165, 1.54) is 6.07 Å². The van der Waals surface area contributed by atoms with Gasteiger partial charge in [0.05, 0.1) is 26.2 Å². The van der Waals surface area contributed by atoms with Crippen LogP contribution in [0.3, 0.4) is 0 Å². The first-order valence-corrected chi connectivity index (χ1v) is 12.2. The zero-order valence-electron chi connectivity index (χ0n) is 21.3. The van der Waals surface area contributed by atoms with Crippen LogP contribution < -0.4 is 19.7 Å². The number of nitrogens with zero attached hydrogens (tertiary/aromatic N) is 1. The summed E-state index contributed by atoms with van der Waals surface area (Å²) in [4.78, 5) is 29.6. The standard InChI is InChI=1S/C31H27FN2O4/c1-19-8-11-21(18-27(19)32)33-30(35)28-25-6-4-5-7-26(25)31(36)34(22-12-16-24(38-3)17-13-22)29(28)20-9-14-23(37-2)15-10-20/h4-18,28-29H,1-3H3,(H,33,35)/t28-,29+/m1/s1. The summed E-state index contributed by atoms with van der Waals surface area (Å²) < 4.78 is 24.9. The van der Waals surface area contributed by atoms with Crippen molar-refractivity contribution in [2.75, 3.05) is 24.4 Å². The smallest absolute Gasteiger partial charge is 0.259 e. The third kappa shape index (κ3) is 4.59. The number of fused-ring (bicyclic) bond motifs is 1. The van der Waals surface area contributed by atoms with E-state index in [1.807, 2.05) is 18.2 Å². The fraction of sp³-hybridized carbons (Fsp3) is 0.161. The monoisotopic (exact) mass is 510 g/mol. The molecular weight excluding hydrogens is 483 g/mol. The van der Waals surface area contributed by atoms with Crippen molar-refractivity contribution in [1.82, 2.24) is 0 Å². The molecule has 4 aromatic rings. The van der Waals surface area contributed by atoms with E-state index in [1.54, 1.807) is 92.8 Å². The van der Waals surface area contributed by atoms with Crippen LogP contribution in [0.2, 0.25) is 0 Å². The fourth-order valence-electron chi connectivity index (χ4n) is 4.88. The third-order valence-corrected chi connectivity index (χ3v) is 6.87. The summed E-state index contributed by atoms with van der Waals surface area (Å²) in [6, 6.07) is 25.5. The second kappa shape index (κ2) is 10.4. The van der Waals surface area contributed by atoms with Crippen molar-refractivity contribution in [1.29, 1.82) is 0 Å². The van der Waals surface area contributed by atoms with E-state index in [0.717, 1.165) is 5.56 Å². The summed E-state index contributed by atoms with van der Waals surface area (Å²) in [5.41, 5.74) is 3.23. The van der Waals surface area contributed by atoms with Crippen molar-refractivity contribution >= 4 is 23.2 Å². The molecule has 0 unspecified atom stereocenters. The summed E-state index contributed by atoms with van der Waals surface area (Å²) in [5.74, 6) is -0.472. The van der Waals surface area contributed by atoms with Crippen molar-refractivity contribution in [3.05, 3.63) is 119 Å². The molecule has 1 N–H and O–H groups in total. The molecule has 0 bridgehead atoms. The van der Waals surface area contributed by atoms with Crippen molar-refractivity contribution in [2.24, 2.45) is 0 Å². The summed E-state index contributed by atoms with van der Waals surface area (Å²) in [6.45, 7) is 1.66. The number of aryl methyl sites for hydroxylation is 1. The van der Waals surface area contributed by atoms with Crippen molar-refractivity contribution < 1.29 is 23.5 Å². The van der Waals surface area contributed by atoms with Gasteiger partial charge in [-0.05, 0) is 78.2 Å². The van der Waals surface area contributed by atoms with E-state index in [4.69, 9.17) is 9.47 Å². The lowest BCUT2D eigenvalue weighted by Crippen LogP contribution is -2.46. The molecule has 4 aromatic carbocycles. The van der Waals surface area contributed by atoms with Crippen LogP contribution in [0, 0.1) is 12.7 Å². The Bertz CT molecular complexity index is 1490. The molecule has 192 valence electrons. The van der Waals surface area contributed by atoms with Gasteiger partial charge >= 0.3 is 0 Å². The largest absolute Gasteiger partial charge is 0.497 e. The van der Waals surface area contributed by atoms with Crippen LogP contribution in [-0.4, -0.2) is 26.0 Å². The van der Waals surface area contributed by atoms with E-state index in [2.05, 4.69) is 5.32 Å². The second-order valence-electron chi connectivity index (χ2n) is 9.11. The summed E-state index contributed by atoms with van der Waals surface area (Å²) in [6.07, 6.45) is 0. The number of halogens is 1. The van der Waals surface area contributed by atoms with E-state index >= 15 is 0 Å². The Morgan fingerprint density at radius 3 is 2.13 bits per heavy atom. The van der Waals surface area contributed by atoms with Gasteiger partial charge in [0.1, 0.15) is 17.3 Å². The van der Waals surface area contributed by atoms with Crippen LogP contribution >= 0.6 is 0 Å². The number of methoxy groups -OCH3 is 2. The SMILES string of the molecule is COc1ccc([C@H]2[C@H](C(=O)Nc3ccc(C)c(F)c3)c3ccccc3C(=O)N2c2ccc(OC)cc2)cc1. The number of carbonyl (C=O) groups excluding carboxylic acids is 2. The number of ether oxygens (including phenoxy) is 2. The summed E-state index contributed by atoms with van der Waals surface area (Å²) >= 11 is 0. The van der Waals surface area contributed by atoms with Gasteiger partial charge in [-0.2, -0.15) is 0 Å². The molecule has 0 saturated heterocycles. The minimum absolute atomic E-state index is 0.225. The van der Waals surface area contributed by atoms with E-state index in [9.17, 15) is 14.0 Å². The summed E-state index contributed by atoms with van der Waals surface area (Å²) in [5, 5.41) is 2.89. The predicted molar refractivity (Wildman–Crippen MR) is 144 cm³/mol. The molecule has 1 heterocycles. The zero-order valence-corrected chi connectivity index (χ0v) is 21.3. The van der Waals surface area contributed by atoms with Gasteiger partial charge in [0, 0.05) is 16.9 Å². The molecule has 2 atom stereocenters. The van der Waals surface area contributed by atoms with Gasteiger partial charge in [0.2, 0.25) is 5.91 Å². The molecule has 1 aliphatic rings. The summed E-state index contributed by atoms with van der Waals surface area (Å²) in [7, 11) is 3.15. The highest BCUT2D eigenvalue weighted by atomic mass is 19.1. The minimum atomic E-state index is -0.788. The Kier molecular flexibility index (Phi) is 6.83. The maximum absolute atomic E-state index is 14.3. The molecule has 0 spiro atoms. The van der Waals surface area contributed by atoms with Crippen LogP contribution in [0.15, 0.2) is 91.0 Å². The molecule has 38 heavy (non-hydrogen) atoms. The predicted octanol–water partition coefficient (Wildman–Crippen LogP) is 6.28. The lowest BCUT2D eigenvalue weighted by atomic mass is 9.78. The normalized spacial score (nSPS) is 16.5. The van der Waals surface area contributed by atoms with Gasteiger partial charge in [0.25, 0.3) is 5.91 Å². The van der Waals surface area contributed by atoms with Crippen LogP contribution in [0.5, 0.6) is 11.5 Å². The van der Waals surface area contributed by atoms with Crippen LogP contribution in [-0.2, 0) is 4.79 Å². The Morgan fingerprint density at radius 1 is 0.868 bits per heavy atom. The molecule has 7 heteroatoms. The number of carbonyl (C=O) groups is 2. The van der Waals surface area contributed by atoms with E-state index < -0.39 is 17.8 Å². The third-order valence-electron chi connectivity index (χ3n) is 6.87. The Labute approximate surface area is 220 Å². The highest BCUT2D eigenvalue weighted by Crippen LogP contribution is 2.46. The first kappa shape index (κ1) is 25.0. The molecule has 2 amide bonds. The van der Waals surface area contributed by atoms with Gasteiger partial charge in [-0.3, -0.25) is 14.5 Å². The Balaban J connectivity index is 1.67. The number of anilines is 2. The molecule has 0 fully saturated rings. The van der Waals surface area contributed by atoms with Gasteiger partial charge in [0.15, 0.2) is 0 Å². The first-order valence-electron chi connectivity index (χ1n) is 12.2. The fourth-order valence-corrected chi connectivity index (χ4v) is 4.88. The Hall–Kier alpha value is -4.65. The highest BCUT2D eigenvalue weighted by molar-refractivity contribution is 6.12. The topological polar surface area (TPSA) is 67.9 Å².